The summed E-state index contributed by atoms with van der Waals surface area (Å²) in [5.41, 5.74) is 9.12. The van der Waals surface area contributed by atoms with Crippen molar-refractivity contribution in [3.05, 3.63) is 29.3 Å². The Labute approximate surface area is 99.8 Å². The molecule has 0 spiro atoms. The summed E-state index contributed by atoms with van der Waals surface area (Å²) in [7, 11) is 1.40. The Morgan fingerprint density at radius 2 is 2.24 bits per heavy atom. The van der Waals surface area contributed by atoms with Crippen LogP contribution in [0.2, 0.25) is 0 Å². The monoisotopic (exact) mass is 232 g/mol. The van der Waals surface area contributed by atoms with Crippen molar-refractivity contribution in [2.45, 2.75) is 19.8 Å². The second-order valence-electron chi connectivity index (χ2n) is 4.09. The van der Waals surface area contributed by atoms with Crippen LogP contribution in [0.25, 0.3) is 10.9 Å². The Morgan fingerprint density at radius 1 is 1.47 bits per heavy atom. The van der Waals surface area contributed by atoms with E-state index in [-0.39, 0.29) is 5.97 Å². The average molecular weight is 232 g/mol. The summed E-state index contributed by atoms with van der Waals surface area (Å²) in [6.07, 6.45) is 0.950. The molecule has 0 saturated heterocycles. The molecule has 0 aliphatic rings. The number of aromatic nitrogens is 1. The third kappa shape index (κ3) is 2.11. The van der Waals surface area contributed by atoms with Gasteiger partial charge in [0.25, 0.3) is 0 Å². The van der Waals surface area contributed by atoms with E-state index in [0.717, 1.165) is 22.0 Å². The third-order valence-electron chi connectivity index (χ3n) is 2.98. The number of esters is 1. The number of anilines is 1. The number of ether oxygens (including phenoxy) is 1. The summed E-state index contributed by atoms with van der Waals surface area (Å²) in [6, 6.07) is 6.01. The molecule has 3 N–H and O–H groups in total. The second kappa shape index (κ2) is 4.49. The molecule has 0 fully saturated rings. The van der Waals surface area contributed by atoms with E-state index in [9.17, 15) is 4.79 Å². The standard InChI is InChI=1S/C13H16N2O2/c1-8-4-3-5-10-12(8)9(13(14)15-10)6-7-11(16)17-2/h3-5,15H,6-7,14H2,1-2H3. The number of fused-ring (bicyclic) bond motifs is 1. The van der Waals surface area contributed by atoms with Crippen molar-refractivity contribution in [2.75, 3.05) is 12.8 Å². The maximum absolute atomic E-state index is 11.2. The summed E-state index contributed by atoms with van der Waals surface area (Å²) in [5, 5.41) is 1.12. The number of carbonyl (C=O) groups is 1. The molecule has 0 bridgehead atoms. The van der Waals surface area contributed by atoms with E-state index >= 15 is 0 Å². The van der Waals surface area contributed by atoms with Crippen LogP contribution in [0.5, 0.6) is 0 Å². The zero-order valence-corrected chi connectivity index (χ0v) is 10.0. The SMILES string of the molecule is COC(=O)CCc1c(N)[nH]c2cccc(C)c12. The molecule has 0 amide bonds. The number of hydrogen-bond acceptors (Lipinski definition) is 3. The van der Waals surface area contributed by atoms with Gasteiger partial charge < -0.3 is 15.5 Å². The lowest BCUT2D eigenvalue weighted by atomic mass is 10.0. The van der Waals surface area contributed by atoms with Gasteiger partial charge in [0.2, 0.25) is 0 Å². The lowest BCUT2D eigenvalue weighted by molar-refractivity contribution is -0.140. The highest BCUT2D eigenvalue weighted by Gasteiger charge is 2.12. The van der Waals surface area contributed by atoms with Crippen molar-refractivity contribution in [2.24, 2.45) is 0 Å². The fraction of sp³-hybridized carbons (Fsp3) is 0.308. The van der Waals surface area contributed by atoms with E-state index < -0.39 is 0 Å². The highest BCUT2D eigenvalue weighted by molar-refractivity contribution is 5.91. The van der Waals surface area contributed by atoms with E-state index in [1.807, 2.05) is 25.1 Å². The maximum atomic E-state index is 11.2. The lowest BCUT2D eigenvalue weighted by Gasteiger charge is -2.02. The zero-order valence-electron chi connectivity index (χ0n) is 10.0. The minimum Gasteiger partial charge on any atom is -0.469 e. The third-order valence-corrected chi connectivity index (χ3v) is 2.98. The van der Waals surface area contributed by atoms with Gasteiger partial charge >= 0.3 is 5.97 Å². The van der Waals surface area contributed by atoms with Gasteiger partial charge in [0.05, 0.1) is 7.11 Å². The highest BCUT2D eigenvalue weighted by Crippen LogP contribution is 2.28. The van der Waals surface area contributed by atoms with Crippen molar-refractivity contribution in [3.8, 4) is 0 Å². The maximum Gasteiger partial charge on any atom is 0.305 e. The van der Waals surface area contributed by atoms with Crippen molar-refractivity contribution in [1.29, 1.82) is 0 Å². The first kappa shape index (κ1) is 11.5. The van der Waals surface area contributed by atoms with Crippen LogP contribution in [-0.2, 0) is 16.0 Å². The number of methoxy groups -OCH3 is 1. The van der Waals surface area contributed by atoms with E-state index in [1.165, 1.54) is 7.11 Å². The molecule has 4 nitrogen and oxygen atoms in total. The van der Waals surface area contributed by atoms with Crippen LogP contribution < -0.4 is 5.73 Å². The summed E-state index contributed by atoms with van der Waals surface area (Å²) >= 11 is 0. The zero-order chi connectivity index (χ0) is 12.4. The molecular formula is C13H16N2O2. The fourth-order valence-electron chi connectivity index (χ4n) is 2.12. The quantitative estimate of drug-likeness (QED) is 0.797. The molecule has 1 aromatic heterocycles. The number of rotatable bonds is 3. The number of carbonyl (C=O) groups excluding carboxylic acids is 1. The largest absolute Gasteiger partial charge is 0.469 e. The summed E-state index contributed by atoms with van der Waals surface area (Å²) in [6.45, 7) is 2.04. The van der Waals surface area contributed by atoms with Gasteiger partial charge in [0, 0.05) is 22.9 Å². The molecule has 17 heavy (non-hydrogen) atoms. The van der Waals surface area contributed by atoms with E-state index in [0.29, 0.717) is 18.7 Å². The van der Waals surface area contributed by atoms with Crippen molar-refractivity contribution in [3.63, 3.8) is 0 Å². The molecule has 1 heterocycles. The Morgan fingerprint density at radius 3 is 2.94 bits per heavy atom. The predicted molar refractivity (Wildman–Crippen MR) is 67.8 cm³/mol. The van der Waals surface area contributed by atoms with Gasteiger partial charge in [0.15, 0.2) is 0 Å². The Bertz CT molecular complexity index is 558. The normalized spacial score (nSPS) is 10.7. The Balaban J connectivity index is 2.39. The number of benzene rings is 1. The number of nitrogens with two attached hydrogens (primary N) is 1. The molecule has 0 aliphatic carbocycles. The molecule has 2 rings (SSSR count). The lowest BCUT2D eigenvalue weighted by Crippen LogP contribution is -2.03. The average Bonchev–Trinajstić information content (AvgIpc) is 2.63. The number of nitrogen functional groups attached to an aromatic ring is 1. The van der Waals surface area contributed by atoms with E-state index in [4.69, 9.17) is 5.73 Å². The van der Waals surface area contributed by atoms with Gasteiger partial charge in [-0.25, -0.2) is 0 Å². The molecule has 90 valence electrons. The number of aromatic amines is 1. The molecule has 2 aromatic rings. The predicted octanol–water partition coefficient (Wildman–Crippen LogP) is 2.16. The molecule has 0 radical (unpaired) electrons. The summed E-state index contributed by atoms with van der Waals surface area (Å²) in [5.74, 6) is 0.422. The van der Waals surface area contributed by atoms with Crippen molar-refractivity contribution in [1.82, 2.24) is 4.98 Å². The van der Waals surface area contributed by atoms with Crippen LogP contribution in [-0.4, -0.2) is 18.1 Å². The topological polar surface area (TPSA) is 68.1 Å². The first-order valence-corrected chi connectivity index (χ1v) is 5.56. The molecule has 0 atom stereocenters. The minimum atomic E-state index is -0.215. The van der Waals surface area contributed by atoms with Gasteiger partial charge in [0.1, 0.15) is 5.82 Å². The Hall–Kier alpha value is -1.97. The second-order valence-corrected chi connectivity index (χ2v) is 4.09. The first-order valence-electron chi connectivity index (χ1n) is 5.56. The van der Waals surface area contributed by atoms with Gasteiger partial charge in [-0.05, 0) is 25.0 Å². The van der Waals surface area contributed by atoms with Gasteiger partial charge in [-0.1, -0.05) is 12.1 Å². The molecule has 0 aliphatic heterocycles. The van der Waals surface area contributed by atoms with Crippen LogP contribution in [0.3, 0.4) is 0 Å². The van der Waals surface area contributed by atoms with Crippen LogP contribution >= 0.6 is 0 Å². The number of nitrogens with one attached hydrogen (secondary N) is 1. The summed E-state index contributed by atoms with van der Waals surface area (Å²) < 4.78 is 4.64. The van der Waals surface area contributed by atoms with Crippen molar-refractivity contribution >= 4 is 22.7 Å². The van der Waals surface area contributed by atoms with Crippen molar-refractivity contribution < 1.29 is 9.53 Å². The highest BCUT2D eigenvalue weighted by atomic mass is 16.5. The van der Waals surface area contributed by atoms with Crippen LogP contribution in [0, 0.1) is 6.92 Å². The van der Waals surface area contributed by atoms with Gasteiger partial charge in [-0.3, -0.25) is 4.79 Å². The molecule has 4 heteroatoms. The van der Waals surface area contributed by atoms with E-state index in [1.54, 1.807) is 0 Å². The number of H-pyrrole nitrogens is 1. The van der Waals surface area contributed by atoms with Crippen LogP contribution in [0.15, 0.2) is 18.2 Å². The molecular weight excluding hydrogens is 216 g/mol. The number of aryl methyl sites for hydroxylation is 2. The van der Waals surface area contributed by atoms with Gasteiger partial charge in [-0.15, -0.1) is 0 Å². The molecule has 0 unspecified atom stereocenters. The smallest absolute Gasteiger partial charge is 0.305 e. The molecule has 1 aromatic carbocycles. The van der Waals surface area contributed by atoms with Crippen LogP contribution in [0.4, 0.5) is 5.82 Å². The van der Waals surface area contributed by atoms with E-state index in [2.05, 4.69) is 9.72 Å². The fourth-order valence-corrected chi connectivity index (χ4v) is 2.12. The van der Waals surface area contributed by atoms with Crippen LogP contribution in [0.1, 0.15) is 17.5 Å². The minimum absolute atomic E-state index is 0.215. The first-order chi connectivity index (χ1) is 8.13. The molecule has 0 saturated carbocycles. The summed E-state index contributed by atoms with van der Waals surface area (Å²) in [4.78, 5) is 14.3. The Kier molecular flexibility index (Phi) is 3.04. The van der Waals surface area contributed by atoms with Gasteiger partial charge in [-0.2, -0.15) is 0 Å². The number of hydrogen-bond donors (Lipinski definition) is 2.